The van der Waals surface area contributed by atoms with Crippen molar-refractivity contribution in [3.63, 3.8) is 0 Å². The summed E-state index contributed by atoms with van der Waals surface area (Å²) in [6.07, 6.45) is 24.9. The van der Waals surface area contributed by atoms with E-state index in [0.29, 0.717) is 19.3 Å². The number of hydrogen-bond acceptors (Lipinski definition) is 5. The van der Waals surface area contributed by atoms with Crippen LogP contribution in [0.15, 0.2) is 24.3 Å². The first-order chi connectivity index (χ1) is 18.0. The molecule has 0 saturated carbocycles. The van der Waals surface area contributed by atoms with Gasteiger partial charge in [0.15, 0.2) is 0 Å². The third kappa shape index (κ3) is 21.4. The summed E-state index contributed by atoms with van der Waals surface area (Å²) < 4.78 is 0. The number of rotatable bonds is 26. The van der Waals surface area contributed by atoms with E-state index < -0.39 is 36.9 Å². The van der Waals surface area contributed by atoms with Crippen LogP contribution >= 0.6 is 0 Å². The number of carbonyl (C=O) groups excluding carboxylic acids is 1. The third-order valence-electron chi connectivity index (χ3n) is 6.88. The highest BCUT2D eigenvalue weighted by Crippen LogP contribution is 2.12. The van der Waals surface area contributed by atoms with Crippen molar-refractivity contribution in [3.8, 4) is 0 Å². The number of aliphatic hydroxyl groups is 4. The van der Waals surface area contributed by atoms with Gasteiger partial charge in [-0.05, 0) is 64.2 Å². The van der Waals surface area contributed by atoms with E-state index in [9.17, 15) is 25.2 Å². The van der Waals surface area contributed by atoms with Crippen molar-refractivity contribution >= 4 is 5.91 Å². The van der Waals surface area contributed by atoms with Crippen molar-refractivity contribution in [3.05, 3.63) is 24.3 Å². The maximum Gasteiger partial charge on any atom is 0.249 e. The van der Waals surface area contributed by atoms with Crippen LogP contribution in [0.2, 0.25) is 0 Å². The first-order valence-corrected chi connectivity index (χ1v) is 15.2. The second kappa shape index (κ2) is 26.4. The van der Waals surface area contributed by atoms with Gasteiger partial charge in [-0.15, -0.1) is 0 Å². The zero-order chi connectivity index (χ0) is 27.6. The molecule has 0 aromatic carbocycles. The summed E-state index contributed by atoms with van der Waals surface area (Å²) in [5.41, 5.74) is 0. The molecule has 0 aliphatic heterocycles. The molecule has 1 amide bonds. The lowest BCUT2D eigenvalue weighted by atomic mass is 10.00. The zero-order valence-electron chi connectivity index (χ0n) is 24.0. The molecule has 6 heteroatoms. The number of hydrogen-bond donors (Lipinski definition) is 5. The van der Waals surface area contributed by atoms with Crippen LogP contribution in [0.3, 0.4) is 0 Å². The minimum absolute atomic E-state index is 0.332. The fraction of sp³-hybridized carbons (Fsp3) is 0.839. The Labute approximate surface area is 227 Å². The molecule has 37 heavy (non-hydrogen) atoms. The van der Waals surface area contributed by atoms with Gasteiger partial charge in [0.05, 0.1) is 18.8 Å². The topological polar surface area (TPSA) is 110 Å². The largest absolute Gasteiger partial charge is 0.394 e. The lowest BCUT2D eigenvalue weighted by Crippen LogP contribution is -2.53. The van der Waals surface area contributed by atoms with Gasteiger partial charge in [-0.3, -0.25) is 4.79 Å². The van der Waals surface area contributed by atoms with Crippen LogP contribution in [0.4, 0.5) is 0 Å². The molecule has 0 radical (unpaired) electrons. The molecule has 0 heterocycles. The molecular weight excluding hydrogens is 466 g/mol. The lowest BCUT2D eigenvalue weighted by molar-refractivity contribution is -0.132. The number of aliphatic hydroxyl groups excluding tert-OH is 4. The number of carbonyl (C=O) groups is 1. The van der Waals surface area contributed by atoms with Gasteiger partial charge in [0.25, 0.3) is 0 Å². The summed E-state index contributed by atoms with van der Waals surface area (Å²) in [4.78, 5) is 12.3. The smallest absolute Gasteiger partial charge is 0.249 e. The van der Waals surface area contributed by atoms with Crippen molar-refractivity contribution in [1.82, 2.24) is 5.32 Å². The quantitative estimate of drug-likeness (QED) is 0.0691. The van der Waals surface area contributed by atoms with Gasteiger partial charge in [-0.1, -0.05) is 95.9 Å². The zero-order valence-corrected chi connectivity index (χ0v) is 24.0. The van der Waals surface area contributed by atoms with E-state index in [1.54, 1.807) is 0 Å². The van der Waals surface area contributed by atoms with Gasteiger partial charge in [-0.2, -0.15) is 0 Å². The molecule has 4 atom stereocenters. The molecule has 0 fully saturated rings. The molecule has 0 bridgehead atoms. The number of allylic oxidation sites excluding steroid dienone is 4. The Morgan fingerprint density at radius 1 is 0.649 bits per heavy atom. The van der Waals surface area contributed by atoms with E-state index in [-0.39, 0.29) is 0 Å². The standard InChI is InChI=1S/C31H59NO5/c1-3-5-7-9-11-13-14-15-17-19-21-23-25-29(35)31(37)32-27(26-33)30(36)28(34)24-22-20-18-16-12-10-8-6-4-2/h15-18,27-30,33-36H,3-14,19-26H2,1-2H3,(H,32,37)/b17-15-,18-16+. The summed E-state index contributed by atoms with van der Waals surface area (Å²) in [6.45, 7) is 3.93. The normalized spacial score (nSPS) is 15.3. The van der Waals surface area contributed by atoms with Crippen LogP contribution in [-0.2, 0) is 4.79 Å². The van der Waals surface area contributed by atoms with Gasteiger partial charge >= 0.3 is 0 Å². The molecule has 4 unspecified atom stereocenters. The Hall–Kier alpha value is -1.21. The Bertz CT molecular complexity index is 566. The minimum Gasteiger partial charge on any atom is -0.394 e. The van der Waals surface area contributed by atoms with E-state index in [4.69, 9.17) is 0 Å². The molecule has 0 aromatic heterocycles. The highest BCUT2D eigenvalue weighted by atomic mass is 16.3. The molecule has 0 saturated heterocycles. The Morgan fingerprint density at radius 3 is 1.65 bits per heavy atom. The van der Waals surface area contributed by atoms with Crippen LogP contribution in [0.25, 0.3) is 0 Å². The van der Waals surface area contributed by atoms with Crippen LogP contribution in [-0.4, -0.2) is 57.3 Å². The summed E-state index contributed by atoms with van der Waals surface area (Å²) in [5, 5.41) is 43.0. The summed E-state index contributed by atoms with van der Waals surface area (Å²) in [7, 11) is 0. The lowest BCUT2D eigenvalue weighted by Gasteiger charge is -2.27. The second-order valence-corrected chi connectivity index (χ2v) is 10.4. The predicted molar refractivity (Wildman–Crippen MR) is 154 cm³/mol. The third-order valence-corrected chi connectivity index (χ3v) is 6.88. The molecule has 0 spiro atoms. The van der Waals surface area contributed by atoms with Crippen LogP contribution < -0.4 is 5.32 Å². The Kier molecular flexibility index (Phi) is 25.5. The van der Waals surface area contributed by atoms with Gasteiger partial charge < -0.3 is 25.7 Å². The van der Waals surface area contributed by atoms with Crippen molar-refractivity contribution in [1.29, 1.82) is 0 Å². The van der Waals surface area contributed by atoms with Crippen LogP contribution in [0.1, 0.15) is 136 Å². The van der Waals surface area contributed by atoms with Gasteiger partial charge in [0.1, 0.15) is 12.2 Å². The van der Waals surface area contributed by atoms with E-state index in [2.05, 4.69) is 43.5 Å². The minimum atomic E-state index is -1.28. The van der Waals surface area contributed by atoms with Crippen molar-refractivity contribution in [2.45, 2.75) is 160 Å². The van der Waals surface area contributed by atoms with Gasteiger partial charge in [0.2, 0.25) is 5.91 Å². The van der Waals surface area contributed by atoms with Gasteiger partial charge in [-0.25, -0.2) is 0 Å². The van der Waals surface area contributed by atoms with Crippen LogP contribution in [0.5, 0.6) is 0 Å². The molecule has 218 valence electrons. The molecule has 0 aliphatic rings. The van der Waals surface area contributed by atoms with Crippen LogP contribution in [0, 0.1) is 0 Å². The molecule has 0 aromatic rings. The molecule has 5 N–H and O–H groups in total. The first-order valence-electron chi connectivity index (χ1n) is 15.2. The molecular formula is C31H59NO5. The average Bonchev–Trinajstić information content (AvgIpc) is 2.90. The fourth-order valence-corrected chi connectivity index (χ4v) is 4.34. The highest BCUT2D eigenvalue weighted by molar-refractivity contribution is 5.80. The average molecular weight is 526 g/mol. The molecule has 0 rings (SSSR count). The summed E-state index contributed by atoms with van der Waals surface area (Å²) >= 11 is 0. The summed E-state index contributed by atoms with van der Waals surface area (Å²) in [5.74, 6) is -0.616. The number of unbranched alkanes of at least 4 members (excludes halogenated alkanes) is 13. The fourth-order valence-electron chi connectivity index (χ4n) is 4.34. The van der Waals surface area contributed by atoms with E-state index in [1.807, 2.05) is 0 Å². The maximum absolute atomic E-state index is 12.3. The first kappa shape index (κ1) is 35.8. The molecule has 6 nitrogen and oxygen atoms in total. The van der Waals surface area contributed by atoms with Crippen molar-refractivity contribution in [2.24, 2.45) is 0 Å². The Morgan fingerprint density at radius 2 is 1.11 bits per heavy atom. The van der Waals surface area contributed by atoms with Gasteiger partial charge in [0, 0.05) is 0 Å². The Balaban J connectivity index is 4.01. The monoisotopic (exact) mass is 525 g/mol. The maximum atomic E-state index is 12.3. The second-order valence-electron chi connectivity index (χ2n) is 10.4. The van der Waals surface area contributed by atoms with E-state index in [1.165, 1.54) is 64.2 Å². The van der Waals surface area contributed by atoms with Crippen molar-refractivity contribution in [2.75, 3.05) is 6.61 Å². The van der Waals surface area contributed by atoms with E-state index in [0.717, 1.165) is 38.5 Å². The summed E-state index contributed by atoms with van der Waals surface area (Å²) in [6, 6.07) is -1.00. The predicted octanol–water partition coefficient (Wildman–Crippen LogP) is 6.11. The van der Waals surface area contributed by atoms with E-state index >= 15 is 0 Å². The number of amides is 1. The van der Waals surface area contributed by atoms with Crippen molar-refractivity contribution < 1.29 is 25.2 Å². The highest BCUT2D eigenvalue weighted by Gasteiger charge is 2.28. The SMILES string of the molecule is CCCCCC/C=C/CCCC(O)C(O)C(CO)NC(=O)C(O)CCCC/C=C\CCCCCCCC. The number of nitrogens with one attached hydrogen (secondary N) is 1. The molecule has 0 aliphatic carbocycles.